The average Bonchev–Trinajstić information content (AvgIpc) is 2.72. The molecule has 0 bridgehead atoms. The van der Waals surface area contributed by atoms with E-state index in [4.69, 9.17) is 16.3 Å². The van der Waals surface area contributed by atoms with Gasteiger partial charge in [-0.05, 0) is 43.2 Å². The van der Waals surface area contributed by atoms with E-state index in [0.717, 1.165) is 24.3 Å². The molecule has 0 atom stereocenters. The number of benzene rings is 2. The second kappa shape index (κ2) is 11.9. The highest BCUT2D eigenvalue weighted by Crippen LogP contribution is 2.22. The Hall–Kier alpha value is -2.73. The maximum absolute atomic E-state index is 12.0. The molecule has 0 spiro atoms. The number of hydrogen-bond donors (Lipinski definition) is 3. The lowest BCUT2D eigenvalue weighted by atomic mass is 10.1. The quantitative estimate of drug-likeness (QED) is 0.342. The summed E-state index contributed by atoms with van der Waals surface area (Å²) in [5.74, 6) is 1.37. The molecule has 0 aliphatic carbocycles. The summed E-state index contributed by atoms with van der Waals surface area (Å²) in [6, 6.07) is 14.8. The standard InChI is InChI=1S/C21H27ClN4O2/c1-3-23-21(25-12-11-16-9-10-18(28-2)15-19(16)22)26-14-13-24-20(27)17-7-5-4-6-8-17/h4-10,15H,3,11-14H2,1-2H3,(H,24,27)(H2,23,25,26). The van der Waals surface area contributed by atoms with Crippen LogP contribution >= 0.6 is 11.6 Å². The highest BCUT2D eigenvalue weighted by Gasteiger charge is 2.04. The zero-order valence-electron chi connectivity index (χ0n) is 16.3. The number of carbonyl (C=O) groups excluding carboxylic acids is 1. The van der Waals surface area contributed by atoms with E-state index in [1.807, 2.05) is 37.3 Å². The van der Waals surface area contributed by atoms with Gasteiger partial charge in [-0.25, -0.2) is 0 Å². The maximum atomic E-state index is 12.0. The fraction of sp³-hybridized carbons (Fsp3) is 0.333. The molecule has 2 rings (SSSR count). The topological polar surface area (TPSA) is 74.8 Å². The number of ether oxygens (including phenoxy) is 1. The van der Waals surface area contributed by atoms with Crippen molar-refractivity contribution in [2.75, 3.05) is 33.3 Å². The lowest BCUT2D eigenvalue weighted by molar-refractivity contribution is 0.0954. The van der Waals surface area contributed by atoms with Gasteiger partial charge in [-0.15, -0.1) is 0 Å². The minimum atomic E-state index is -0.0847. The molecule has 1 amide bonds. The van der Waals surface area contributed by atoms with Crippen LogP contribution in [0.2, 0.25) is 5.02 Å². The monoisotopic (exact) mass is 402 g/mol. The van der Waals surface area contributed by atoms with Gasteiger partial charge >= 0.3 is 0 Å². The molecule has 6 nitrogen and oxygen atoms in total. The number of nitrogens with zero attached hydrogens (tertiary/aromatic N) is 1. The van der Waals surface area contributed by atoms with Crippen LogP contribution in [0.4, 0.5) is 0 Å². The predicted molar refractivity (Wildman–Crippen MR) is 114 cm³/mol. The summed E-state index contributed by atoms with van der Waals surface area (Å²) in [5, 5.41) is 9.97. The highest BCUT2D eigenvalue weighted by atomic mass is 35.5. The zero-order valence-corrected chi connectivity index (χ0v) is 17.1. The largest absolute Gasteiger partial charge is 0.497 e. The predicted octanol–water partition coefficient (Wildman–Crippen LogP) is 2.88. The number of rotatable bonds is 9. The zero-order chi connectivity index (χ0) is 20.2. The number of nitrogens with one attached hydrogen (secondary N) is 3. The Kier molecular flexibility index (Phi) is 9.15. The van der Waals surface area contributed by atoms with E-state index in [0.29, 0.717) is 36.2 Å². The summed E-state index contributed by atoms with van der Waals surface area (Å²) < 4.78 is 5.16. The number of amides is 1. The lowest BCUT2D eigenvalue weighted by Gasteiger charge is -2.12. The Morgan fingerprint density at radius 2 is 1.82 bits per heavy atom. The highest BCUT2D eigenvalue weighted by molar-refractivity contribution is 6.31. The average molecular weight is 403 g/mol. The van der Waals surface area contributed by atoms with Crippen molar-refractivity contribution < 1.29 is 9.53 Å². The van der Waals surface area contributed by atoms with Crippen molar-refractivity contribution in [3.63, 3.8) is 0 Å². The van der Waals surface area contributed by atoms with Crippen LogP contribution < -0.4 is 20.7 Å². The number of hydrogen-bond acceptors (Lipinski definition) is 3. The van der Waals surface area contributed by atoms with Gasteiger partial charge in [0.1, 0.15) is 5.75 Å². The first-order chi connectivity index (χ1) is 13.6. The Morgan fingerprint density at radius 3 is 2.50 bits per heavy atom. The molecule has 2 aromatic carbocycles. The molecule has 7 heteroatoms. The van der Waals surface area contributed by atoms with Crippen LogP contribution in [0.3, 0.4) is 0 Å². The van der Waals surface area contributed by atoms with E-state index in [1.54, 1.807) is 25.3 Å². The molecule has 0 aromatic heterocycles. The third kappa shape index (κ3) is 7.12. The van der Waals surface area contributed by atoms with Gasteiger partial charge < -0.3 is 20.7 Å². The van der Waals surface area contributed by atoms with Crippen LogP contribution in [-0.2, 0) is 6.42 Å². The summed E-state index contributed by atoms with van der Waals surface area (Å²) in [5.41, 5.74) is 1.68. The van der Waals surface area contributed by atoms with E-state index < -0.39 is 0 Å². The van der Waals surface area contributed by atoms with Gasteiger partial charge in [0.2, 0.25) is 0 Å². The first kappa shape index (κ1) is 21.6. The van der Waals surface area contributed by atoms with Crippen LogP contribution in [0.15, 0.2) is 53.5 Å². The van der Waals surface area contributed by atoms with Crippen molar-refractivity contribution in [3.8, 4) is 5.75 Å². The van der Waals surface area contributed by atoms with E-state index in [1.165, 1.54) is 0 Å². The smallest absolute Gasteiger partial charge is 0.251 e. The third-order valence-electron chi connectivity index (χ3n) is 3.99. The second-order valence-corrected chi connectivity index (χ2v) is 6.42. The minimum Gasteiger partial charge on any atom is -0.497 e. The van der Waals surface area contributed by atoms with E-state index in [-0.39, 0.29) is 5.91 Å². The van der Waals surface area contributed by atoms with Crippen LogP contribution in [0.5, 0.6) is 5.75 Å². The van der Waals surface area contributed by atoms with Gasteiger partial charge in [-0.1, -0.05) is 35.9 Å². The molecule has 2 aromatic rings. The lowest BCUT2D eigenvalue weighted by Crippen LogP contribution is -2.41. The number of carbonyl (C=O) groups is 1. The summed E-state index contributed by atoms with van der Waals surface area (Å²) in [6.07, 6.45) is 0.726. The Morgan fingerprint density at radius 1 is 1.07 bits per heavy atom. The Balaban J connectivity index is 1.78. The molecule has 0 unspecified atom stereocenters. The summed E-state index contributed by atoms with van der Waals surface area (Å²) in [7, 11) is 1.62. The normalized spacial score (nSPS) is 11.0. The van der Waals surface area contributed by atoms with E-state index >= 15 is 0 Å². The van der Waals surface area contributed by atoms with Crippen molar-refractivity contribution >= 4 is 23.5 Å². The van der Waals surface area contributed by atoms with Crippen molar-refractivity contribution in [2.45, 2.75) is 13.3 Å². The number of aliphatic imine (C=N–C) groups is 1. The molecule has 0 radical (unpaired) electrons. The number of methoxy groups -OCH3 is 1. The van der Waals surface area contributed by atoms with Crippen molar-refractivity contribution in [3.05, 3.63) is 64.7 Å². The minimum absolute atomic E-state index is 0.0847. The molecule has 0 aliphatic rings. The van der Waals surface area contributed by atoms with Crippen molar-refractivity contribution in [2.24, 2.45) is 4.99 Å². The fourth-order valence-electron chi connectivity index (χ4n) is 2.54. The second-order valence-electron chi connectivity index (χ2n) is 6.02. The molecule has 0 aliphatic heterocycles. The number of guanidine groups is 1. The summed E-state index contributed by atoms with van der Waals surface area (Å²) in [4.78, 5) is 16.6. The van der Waals surface area contributed by atoms with Crippen molar-refractivity contribution in [1.82, 2.24) is 16.0 Å². The van der Waals surface area contributed by atoms with Crippen molar-refractivity contribution in [1.29, 1.82) is 0 Å². The van der Waals surface area contributed by atoms with Crippen LogP contribution in [0, 0.1) is 0 Å². The third-order valence-corrected chi connectivity index (χ3v) is 4.35. The van der Waals surface area contributed by atoms with Gasteiger partial charge in [0.15, 0.2) is 5.96 Å². The van der Waals surface area contributed by atoms with Gasteiger partial charge in [0.25, 0.3) is 5.91 Å². The first-order valence-corrected chi connectivity index (χ1v) is 9.69. The molecule has 150 valence electrons. The van der Waals surface area contributed by atoms with Gasteiger partial charge in [-0.2, -0.15) is 0 Å². The summed E-state index contributed by atoms with van der Waals surface area (Å²) in [6.45, 7) is 4.44. The molecule has 0 saturated heterocycles. The van der Waals surface area contributed by atoms with Crippen LogP contribution in [0.25, 0.3) is 0 Å². The molecule has 0 fully saturated rings. The van der Waals surface area contributed by atoms with Crippen LogP contribution in [-0.4, -0.2) is 45.2 Å². The van der Waals surface area contributed by atoms with E-state index in [9.17, 15) is 4.79 Å². The number of halogens is 1. The summed E-state index contributed by atoms with van der Waals surface area (Å²) >= 11 is 6.27. The van der Waals surface area contributed by atoms with Gasteiger partial charge in [-0.3, -0.25) is 9.79 Å². The molecule has 0 heterocycles. The molecular formula is C21H27ClN4O2. The first-order valence-electron chi connectivity index (χ1n) is 9.32. The van der Waals surface area contributed by atoms with Gasteiger partial charge in [0.05, 0.1) is 7.11 Å². The van der Waals surface area contributed by atoms with E-state index in [2.05, 4.69) is 20.9 Å². The Bertz CT molecular complexity index is 781. The Labute approximate surface area is 171 Å². The van der Waals surface area contributed by atoms with Gasteiger partial charge in [0, 0.05) is 36.8 Å². The van der Waals surface area contributed by atoms with Crippen LogP contribution in [0.1, 0.15) is 22.8 Å². The molecule has 28 heavy (non-hydrogen) atoms. The molecular weight excluding hydrogens is 376 g/mol. The molecule has 0 saturated carbocycles. The fourth-order valence-corrected chi connectivity index (χ4v) is 2.80. The maximum Gasteiger partial charge on any atom is 0.251 e. The molecule has 3 N–H and O–H groups in total. The SMILES string of the molecule is CCNC(=NCCc1ccc(OC)cc1Cl)NCCNC(=O)c1ccccc1.